The third-order valence-corrected chi connectivity index (χ3v) is 1.57. The molecule has 0 aromatic carbocycles. The van der Waals surface area contributed by atoms with Crippen LogP contribution in [-0.2, 0) is 4.74 Å². The number of carbonyl (C=O) groups is 1. The first-order chi connectivity index (χ1) is 6.65. The average molecular weight is 197 g/mol. The van der Waals surface area contributed by atoms with Crippen molar-refractivity contribution in [2.75, 3.05) is 11.9 Å². The van der Waals surface area contributed by atoms with E-state index in [1.165, 1.54) is 6.20 Å². The van der Waals surface area contributed by atoms with Crippen LogP contribution in [0, 0.1) is 0 Å². The highest BCUT2D eigenvalue weighted by Gasteiger charge is 2.14. The van der Waals surface area contributed by atoms with E-state index in [2.05, 4.69) is 15.5 Å². The standard InChI is InChI=1S/C9H15N3O2/c1-4-14-9(13)7-5-10-12-8(7)11-6(2)3/h5-6H,4H2,1-3H3,(H2,10,11,12). The maximum absolute atomic E-state index is 11.4. The summed E-state index contributed by atoms with van der Waals surface area (Å²) in [6, 6.07) is 0.239. The van der Waals surface area contributed by atoms with E-state index in [1.807, 2.05) is 13.8 Å². The summed E-state index contributed by atoms with van der Waals surface area (Å²) in [4.78, 5) is 11.4. The molecule has 1 rings (SSSR count). The molecular weight excluding hydrogens is 182 g/mol. The van der Waals surface area contributed by atoms with Gasteiger partial charge in [-0.2, -0.15) is 5.10 Å². The minimum atomic E-state index is -0.357. The van der Waals surface area contributed by atoms with Gasteiger partial charge in [-0.3, -0.25) is 5.10 Å². The maximum Gasteiger partial charge on any atom is 0.343 e. The number of nitrogens with zero attached hydrogens (tertiary/aromatic N) is 1. The maximum atomic E-state index is 11.4. The summed E-state index contributed by atoms with van der Waals surface area (Å²) < 4.78 is 4.87. The molecule has 0 amide bonds. The van der Waals surface area contributed by atoms with Gasteiger partial charge in [0.2, 0.25) is 0 Å². The Hall–Kier alpha value is -1.52. The fraction of sp³-hybridized carbons (Fsp3) is 0.556. The molecule has 1 aromatic rings. The number of nitrogens with one attached hydrogen (secondary N) is 2. The van der Waals surface area contributed by atoms with Gasteiger partial charge in [0.05, 0.1) is 12.8 Å². The van der Waals surface area contributed by atoms with Crippen LogP contribution in [0.1, 0.15) is 31.1 Å². The minimum absolute atomic E-state index is 0.239. The molecule has 0 fully saturated rings. The lowest BCUT2D eigenvalue weighted by molar-refractivity contribution is 0.0527. The first kappa shape index (κ1) is 10.6. The van der Waals surface area contributed by atoms with Gasteiger partial charge in [-0.25, -0.2) is 4.79 Å². The van der Waals surface area contributed by atoms with Crippen LogP contribution < -0.4 is 5.32 Å². The third-order valence-electron chi connectivity index (χ3n) is 1.57. The number of anilines is 1. The molecule has 0 saturated heterocycles. The molecular formula is C9H15N3O2. The Balaban J connectivity index is 2.76. The molecule has 78 valence electrons. The van der Waals surface area contributed by atoms with E-state index in [1.54, 1.807) is 6.92 Å². The van der Waals surface area contributed by atoms with Gasteiger partial charge in [0, 0.05) is 6.04 Å². The molecule has 0 aliphatic rings. The highest BCUT2D eigenvalue weighted by atomic mass is 16.5. The number of hydrogen-bond acceptors (Lipinski definition) is 4. The first-order valence-electron chi connectivity index (χ1n) is 4.62. The number of aromatic nitrogens is 2. The molecule has 0 aliphatic carbocycles. The lowest BCUT2D eigenvalue weighted by Crippen LogP contribution is -2.14. The molecule has 0 radical (unpaired) electrons. The number of aromatic amines is 1. The summed E-state index contributed by atoms with van der Waals surface area (Å²) in [5.74, 6) is 0.253. The largest absolute Gasteiger partial charge is 0.462 e. The summed E-state index contributed by atoms with van der Waals surface area (Å²) in [6.07, 6.45) is 1.46. The zero-order valence-electron chi connectivity index (χ0n) is 8.63. The highest BCUT2D eigenvalue weighted by molar-refractivity contribution is 5.94. The van der Waals surface area contributed by atoms with Crippen LogP contribution in [0.25, 0.3) is 0 Å². The minimum Gasteiger partial charge on any atom is -0.462 e. The normalized spacial score (nSPS) is 10.3. The van der Waals surface area contributed by atoms with Crippen molar-refractivity contribution in [1.82, 2.24) is 10.2 Å². The molecule has 0 unspecified atom stereocenters. The summed E-state index contributed by atoms with van der Waals surface area (Å²) >= 11 is 0. The van der Waals surface area contributed by atoms with E-state index in [0.717, 1.165) is 0 Å². The molecule has 14 heavy (non-hydrogen) atoms. The van der Waals surface area contributed by atoms with Crippen molar-refractivity contribution < 1.29 is 9.53 Å². The van der Waals surface area contributed by atoms with Crippen LogP contribution in [0.15, 0.2) is 6.20 Å². The molecule has 1 heterocycles. The number of hydrogen-bond donors (Lipinski definition) is 2. The Morgan fingerprint density at radius 3 is 3.00 bits per heavy atom. The number of H-pyrrole nitrogens is 1. The Labute approximate surface area is 82.8 Å². The van der Waals surface area contributed by atoms with Gasteiger partial charge in [0.1, 0.15) is 11.4 Å². The lowest BCUT2D eigenvalue weighted by Gasteiger charge is -2.08. The van der Waals surface area contributed by atoms with E-state index < -0.39 is 0 Å². The van der Waals surface area contributed by atoms with E-state index >= 15 is 0 Å². The molecule has 5 heteroatoms. The zero-order valence-corrected chi connectivity index (χ0v) is 8.63. The van der Waals surface area contributed by atoms with Crippen LogP contribution in [0.3, 0.4) is 0 Å². The molecule has 5 nitrogen and oxygen atoms in total. The number of carbonyl (C=O) groups excluding carboxylic acids is 1. The van der Waals surface area contributed by atoms with Gasteiger partial charge >= 0.3 is 5.97 Å². The van der Waals surface area contributed by atoms with Crippen molar-refractivity contribution in [1.29, 1.82) is 0 Å². The van der Waals surface area contributed by atoms with Crippen molar-refractivity contribution in [3.8, 4) is 0 Å². The second-order valence-corrected chi connectivity index (χ2v) is 3.18. The van der Waals surface area contributed by atoms with Gasteiger partial charge in [-0.15, -0.1) is 0 Å². The fourth-order valence-electron chi connectivity index (χ4n) is 1.05. The van der Waals surface area contributed by atoms with Gasteiger partial charge in [0.15, 0.2) is 0 Å². The van der Waals surface area contributed by atoms with Gasteiger partial charge in [-0.1, -0.05) is 0 Å². The molecule has 0 atom stereocenters. The molecule has 0 bridgehead atoms. The monoisotopic (exact) mass is 197 g/mol. The summed E-state index contributed by atoms with van der Waals surface area (Å²) in [7, 11) is 0. The van der Waals surface area contributed by atoms with Crippen LogP contribution in [0.4, 0.5) is 5.82 Å². The third kappa shape index (κ3) is 2.48. The first-order valence-corrected chi connectivity index (χ1v) is 4.62. The molecule has 0 saturated carbocycles. The Morgan fingerprint density at radius 2 is 2.43 bits per heavy atom. The SMILES string of the molecule is CCOC(=O)c1cn[nH]c1NC(C)C. The van der Waals surface area contributed by atoms with Crippen molar-refractivity contribution in [3.05, 3.63) is 11.8 Å². The average Bonchev–Trinajstić information content (AvgIpc) is 2.51. The number of esters is 1. The predicted molar refractivity (Wildman–Crippen MR) is 53.3 cm³/mol. The smallest absolute Gasteiger partial charge is 0.343 e. The van der Waals surface area contributed by atoms with E-state index in [-0.39, 0.29) is 12.0 Å². The molecule has 0 aliphatic heterocycles. The second-order valence-electron chi connectivity index (χ2n) is 3.18. The van der Waals surface area contributed by atoms with Crippen molar-refractivity contribution in [2.24, 2.45) is 0 Å². The van der Waals surface area contributed by atoms with Crippen molar-refractivity contribution in [3.63, 3.8) is 0 Å². The van der Waals surface area contributed by atoms with Gasteiger partial charge < -0.3 is 10.1 Å². The van der Waals surface area contributed by atoms with E-state index in [9.17, 15) is 4.79 Å². The Morgan fingerprint density at radius 1 is 1.71 bits per heavy atom. The van der Waals surface area contributed by atoms with Crippen LogP contribution >= 0.6 is 0 Å². The predicted octanol–water partition coefficient (Wildman–Crippen LogP) is 1.41. The second kappa shape index (κ2) is 4.64. The van der Waals surface area contributed by atoms with E-state index in [0.29, 0.717) is 18.0 Å². The fourth-order valence-corrected chi connectivity index (χ4v) is 1.05. The lowest BCUT2D eigenvalue weighted by atomic mass is 10.3. The Bertz CT molecular complexity index is 307. The van der Waals surface area contributed by atoms with Gasteiger partial charge in [0.25, 0.3) is 0 Å². The van der Waals surface area contributed by atoms with Crippen molar-refractivity contribution >= 4 is 11.8 Å². The zero-order chi connectivity index (χ0) is 10.6. The summed E-state index contributed by atoms with van der Waals surface area (Å²) in [5.41, 5.74) is 0.445. The Kier molecular flexibility index (Phi) is 3.50. The van der Waals surface area contributed by atoms with Crippen molar-refractivity contribution in [2.45, 2.75) is 26.8 Å². The summed E-state index contributed by atoms with van der Waals surface area (Å²) in [5, 5.41) is 9.58. The number of ether oxygens (including phenoxy) is 1. The van der Waals surface area contributed by atoms with Gasteiger partial charge in [-0.05, 0) is 20.8 Å². The quantitative estimate of drug-likeness (QED) is 0.716. The highest BCUT2D eigenvalue weighted by Crippen LogP contribution is 2.13. The topological polar surface area (TPSA) is 67.0 Å². The van der Waals surface area contributed by atoms with E-state index in [4.69, 9.17) is 4.74 Å². The molecule has 1 aromatic heterocycles. The summed E-state index contributed by atoms with van der Waals surface area (Å²) in [6.45, 7) is 6.10. The van der Waals surface area contributed by atoms with Crippen LogP contribution in [0.2, 0.25) is 0 Å². The van der Waals surface area contributed by atoms with Crippen LogP contribution in [0.5, 0.6) is 0 Å². The molecule has 0 spiro atoms. The number of rotatable bonds is 4. The molecule has 2 N–H and O–H groups in total. The van der Waals surface area contributed by atoms with Crippen LogP contribution in [-0.4, -0.2) is 28.8 Å².